The summed E-state index contributed by atoms with van der Waals surface area (Å²) < 4.78 is 5.17. The van der Waals surface area contributed by atoms with Gasteiger partial charge in [0.2, 0.25) is 5.91 Å². The van der Waals surface area contributed by atoms with Crippen LogP contribution in [0.25, 0.3) is 0 Å². The molecule has 1 atom stereocenters. The Hall–Kier alpha value is -2.93. The molecule has 0 aliphatic rings. The summed E-state index contributed by atoms with van der Waals surface area (Å²) in [6.07, 6.45) is 0.291. The van der Waals surface area contributed by atoms with Crippen LogP contribution in [-0.4, -0.2) is 36.4 Å². The van der Waals surface area contributed by atoms with Gasteiger partial charge in [0.15, 0.2) is 0 Å². The van der Waals surface area contributed by atoms with Gasteiger partial charge in [0.25, 0.3) is 5.69 Å². The van der Waals surface area contributed by atoms with Crippen molar-refractivity contribution in [3.8, 4) is 5.75 Å². The summed E-state index contributed by atoms with van der Waals surface area (Å²) in [6, 6.07) is 12.4. The number of nitrogens with zero attached hydrogens (tertiary/aromatic N) is 2. The highest BCUT2D eigenvalue weighted by Gasteiger charge is 2.15. The number of ether oxygens (including phenoxy) is 1. The van der Waals surface area contributed by atoms with Crippen LogP contribution in [0.4, 0.5) is 11.4 Å². The van der Waals surface area contributed by atoms with Crippen LogP contribution in [0.1, 0.15) is 30.5 Å². The van der Waals surface area contributed by atoms with Gasteiger partial charge in [0.1, 0.15) is 5.75 Å². The number of hydrogen-bond donors (Lipinski definition) is 1. The molecule has 0 aliphatic carbocycles. The Labute approximate surface area is 159 Å². The molecule has 27 heavy (non-hydrogen) atoms. The van der Waals surface area contributed by atoms with Gasteiger partial charge in [-0.25, -0.2) is 0 Å². The first-order valence-electron chi connectivity index (χ1n) is 8.71. The maximum atomic E-state index is 12.3. The average Bonchev–Trinajstić information content (AvgIpc) is 2.67. The molecule has 2 aromatic carbocycles. The topological polar surface area (TPSA) is 84.7 Å². The maximum Gasteiger partial charge on any atom is 0.271 e. The van der Waals surface area contributed by atoms with Crippen LogP contribution in [0, 0.1) is 17.0 Å². The van der Waals surface area contributed by atoms with Crippen molar-refractivity contribution in [3.63, 3.8) is 0 Å². The fourth-order valence-corrected chi connectivity index (χ4v) is 2.68. The van der Waals surface area contributed by atoms with Crippen molar-refractivity contribution < 1.29 is 14.5 Å². The summed E-state index contributed by atoms with van der Waals surface area (Å²) in [7, 11) is 3.59. The van der Waals surface area contributed by atoms with Crippen molar-refractivity contribution in [2.45, 2.75) is 26.3 Å². The number of amides is 1. The Balaban J connectivity index is 1.92. The number of methoxy groups -OCH3 is 1. The molecule has 0 spiro atoms. The van der Waals surface area contributed by atoms with Crippen molar-refractivity contribution in [3.05, 3.63) is 63.7 Å². The van der Waals surface area contributed by atoms with Crippen molar-refractivity contribution in [1.29, 1.82) is 0 Å². The van der Waals surface area contributed by atoms with Crippen molar-refractivity contribution in [1.82, 2.24) is 4.90 Å². The molecule has 1 amide bonds. The Morgan fingerprint density at radius 3 is 2.52 bits per heavy atom. The Bertz CT molecular complexity index is 805. The Morgan fingerprint density at radius 2 is 1.93 bits per heavy atom. The molecule has 1 N–H and O–H groups in total. The van der Waals surface area contributed by atoms with E-state index in [2.05, 4.69) is 17.1 Å². The van der Waals surface area contributed by atoms with Crippen molar-refractivity contribution in [2.75, 3.05) is 26.0 Å². The number of non-ortho nitro benzene ring substituents is 1. The molecule has 7 heteroatoms. The second kappa shape index (κ2) is 9.14. The van der Waals surface area contributed by atoms with Crippen LogP contribution in [0.5, 0.6) is 5.75 Å². The quantitative estimate of drug-likeness (QED) is 0.561. The first-order chi connectivity index (χ1) is 12.8. The summed E-state index contributed by atoms with van der Waals surface area (Å²) >= 11 is 0. The van der Waals surface area contributed by atoms with Gasteiger partial charge in [-0.2, -0.15) is 0 Å². The lowest BCUT2D eigenvalue weighted by Crippen LogP contribution is -2.27. The highest BCUT2D eigenvalue weighted by molar-refractivity contribution is 5.92. The lowest BCUT2D eigenvalue weighted by atomic mass is 10.1. The van der Waals surface area contributed by atoms with E-state index in [9.17, 15) is 14.9 Å². The van der Waals surface area contributed by atoms with Crippen LogP contribution in [-0.2, 0) is 4.79 Å². The molecule has 0 saturated heterocycles. The third-order valence-corrected chi connectivity index (χ3v) is 4.66. The highest BCUT2D eigenvalue weighted by atomic mass is 16.6. The van der Waals surface area contributed by atoms with Gasteiger partial charge in [0, 0.05) is 31.1 Å². The van der Waals surface area contributed by atoms with Gasteiger partial charge < -0.3 is 10.1 Å². The molecule has 2 aromatic rings. The van der Waals surface area contributed by atoms with Gasteiger partial charge in [0.05, 0.1) is 17.7 Å². The van der Waals surface area contributed by atoms with E-state index in [0.29, 0.717) is 18.7 Å². The predicted molar refractivity (Wildman–Crippen MR) is 105 cm³/mol. The molecule has 0 heterocycles. The molecule has 0 saturated carbocycles. The normalized spacial score (nSPS) is 11.9. The third kappa shape index (κ3) is 5.52. The first kappa shape index (κ1) is 20.4. The zero-order valence-electron chi connectivity index (χ0n) is 16.1. The van der Waals surface area contributed by atoms with Gasteiger partial charge in [-0.05, 0) is 44.2 Å². The molecule has 2 rings (SSSR count). The molecule has 144 valence electrons. The summed E-state index contributed by atoms with van der Waals surface area (Å²) in [6.45, 7) is 4.44. The van der Waals surface area contributed by atoms with Crippen molar-refractivity contribution >= 4 is 17.3 Å². The minimum Gasteiger partial charge on any atom is -0.497 e. The molecule has 1 unspecified atom stereocenters. The van der Waals surface area contributed by atoms with E-state index in [0.717, 1.165) is 16.9 Å². The second-order valence-corrected chi connectivity index (χ2v) is 6.48. The number of rotatable bonds is 8. The van der Waals surface area contributed by atoms with E-state index in [1.165, 1.54) is 12.1 Å². The number of carbonyl (C=O) groups is 1. The molecular weight excluding hydrogens is 346 g/mol. The monoisotopic (exact) mass is 371 g/mol. The summed E-state index contributed by atoms with van der Waals surface area (Å²) in [4.78, 5) is 24.8. The molecule has 0 radical (unpaired) electrons. The average molecular weight is 371 g/mol. The SMILES string of the molecule is COc1ccc(C(C)N(C)CCC(=O)Nc2cc([N+](=O)[O-])ccc2C)cc1. The van der Waals surface area contributed by atoms with E-state index in [1.807, 2.05) is 31.3 Å². The standard InChI is InChI=1S/C20H25N3O4/c1-14-5-8-17(23(25)26)13-19(14)21-20(24)11-12-22(3)15(2)16-6-9-18(27-4)10-7-16/h5-10,13,15H,11-12H2,1-4H3,(H,21,24). The second-order valence-electron chi connectivity index (χ2n) is 6.48. The predicted octanol–water partition coefficient (Wildman–Crippen LogP) is 3.93. The largest absolute Gasteiger partial charge is 0.497 e. The summed E-state index contributed by atoms with van der Waals surface area (Å²) in [5.74, 6) is 0.632. The van der Waals surface area contributed by atoms with E-state index >= 15 is 0 Å². The summed E-state index contributed by atoms with van der Waals surface area (Å²) in [5, 5.41) is 13.7. The van der Waals surface area contributed by atoms with Gasteiger partial charge in [-0.15, -0.1) is 0 Å². The van der Waals surface area contributed by atoms with E-state index < -0.39 is 4.92 Å². The molecule has 0 aromatic heterocycles. The number of nitrogens with one attached hydrogen (secondary N) is 1. The van der Waals surface area contributed by atoms with Gasteiger partial charge >= 0.3 is 0 Å². The van der Waals surface area contributed by atoms with Crippen LogP contribution < -0.4 is 10.1 Å². The number of aryl methyl sites for hydroxylation is 1. The molecule has 0 fully saturated rings. The van der Waals surface area contributed by atoms with Gasteiger partial charge in [-0.3, -0.25) is 19.8 Å². The number of nitro groups is 1. The minimum absolute atomic E-state index is 0.0406. The summed E-state index contributed by atoms with van der Waals surface area (Å²) in [5.41, 5.74) is 2.35. The number of anilines is 1. The van der Waals surface area contributed by atoms with E-state index in [1.54, 1.807) is 20.1 Å². The fraction of sp³-hybridized carbons (Fsp3) is 0.350. The zero-order chi connectivity index (χ0) is 20.0. The number of carbonyl (C=O) groups excluding carboxylic acids is 1. The zero-order valence-corrected chi connectivity index (χ0v) is 16.1. The van der Waals surface area contributed by atoms with Crippen LogP contribution in [0.3, 0.4) is 0 Å². The number of hydrogen-bond acceptors (Lipinski definition) is 5. The fourth-order valence-electron chi connectivity index (χ4n) is 2.68. The van der Waals surface area contributed by atoms with Crippen LogP contribution >= 0.6 is 0 Å². The molecule has 0 bridgehead atoms. The lowest BCUT2D eigenvalue weighted by Gasteiger charge is -2.25. The van der Waals surface area contributed by atoms with Crippen LogP contribution in [0.15, 0.2) is 42.5 Å². The highest BCUT2D eigenvalue weighted by Crippen LogP contribution is 2.23. The third-order valence-electron chi connectivity index (χ3n) is 4.66. The smallest absolute Gasteiger partial charge is 0.271 e. The van der Waals surface area contributed by atoms with Crippen LogP contribution in [0.2, 0.25) is 0 Å². The molecule has 0 aliphatic heterocycles. The number of nitro benzene ring substituents is 1. The lowest BCUT2D eigenvalue weighted by molar-refractivity contribution is -0.384. The molecular formula is C20H25N3O4. The maximum absolute atomic E-state index is 12.3. The Kier molecular flexibility index (Phi) is 6.90. The van der Waals surface area contributed by atoms with E-state index in [-0.39, 0.29) is 17.6 Å². The number of benzene rings is 2. The first-order valence-corrected chi connectivity index (χ1v) is 8.71. The van der Waals surface area contributed by atoms with Gasteiger partial charge in [-0.1, -0.05) is 18.2 Å². The molecule has 7 nitrogen and oxygen atoms in total. The Morgan fingerprint density at radius 1 is 1.26 bits per heavy atom. The van der Waals surface area contributed by atoms with E-state index in [4.69, 9.17) is 4.74 Å². The van der Waals surface area contributed by atoms with Crippen molar-refractivity contribution in [2.24, 2.45) is 0 Å². The minimum atomic E-state index is -0.473.